The Kier molecular flexibility index (Phi) is 9.74. The summed E-state index contributed by atoms with van der Waals surface area (Å²) in [4.78, 5) is 49.5. The van der Waals surface area contributed by atoms with E-state index in [0.29, 0.717) is 0 Å². The quantitative estimate of drug-likeness (QED) is 0.336. The highest BCUT2D eigenvalue weighted by molar-refractivity contribution is 5.75. The minimum absolute atomic E-state index is 0.0214. The van der Waals surface area contributed by atoms with Gasteiger partial charge in [0.1, 0.15) is 23.9 Å². The Morgan fingerprint density at radius 2 is 1.29 bits per heavy atom. The van der Waals surface area contributed by atoms with E-state index in [1.807, 2.05) is 60.7 Å². The first kappa shape index (κ1) is 30.2. The van der Waals surface area contributed by atoms with Gasteiger partial charge in [0.05, 0.1) is 13.2 Å². The Bertz CT molecular complexity index is 1220. The van der Waals surface area contributed by atoms with E-state index in [9.17, 15) is 19.2 Å². The molecule has 1 aliphatic heterocycles. The fourth-order valence-corrected chi connectivity index (χ4v) is 5.52. The average Bonchev–Trinajstić information content (AvgIpc) is 2.91. The normalized spacial score (nSPS) is 28.7. The van der Waals surface area contributed by atoms with Crippen LogP contribution in [0.25, 0.3) is 0 Å². The number of benzene rings is 2. The van der Waals surface area contributed by atoms with Crippen molar-refractivity contribution in [3.63, 3.8) is 0 Å². The number of hydrogen-bond donors (Lipinski definition) is 1. The molecule has 11 heteroatoms. The minimum atomic E-state index is -1.49. The van der Waals surface area contributed by atoms with Crippen LogP contribution in [0.5, 0.6) is 0 Å². The maximum absolute atomic E-state index is 12.8. The number of hydrogen-bond acceptors (Lipinski definition) is 10. The van der Waals surface area contributed by atoms with Crippen molar-refractivity contribution in [3.05, 3.63) is 71.8 Å². The Hall–Kier alpha value is -3.80. The monoisotopic (exact) mass is 569 g/mol. The second kappa shape index (κ2) is 13.2. The molecule has 0 unspecified atom stereocenters. The van der Waals surface area contributed by atoms with Crippen molar-refractivity contribution in [3.8, 4) is 0 Å². The number of rotatable bonds is 10. The van der Waals surface area contributed by atoms with Gasteiger partial charge in [-0.05, 0) is 11.1 Å². The van der Waals surface area contributed by atoms with Crippen molar-refractivity contribution in [2.24, 2.45) is 0 Å². The summed E-state index contributed by atoms with van der Waals surface area (Å²) in [6.45, 7) is 5.22. The van der Waals surface area contributed by atoms with Crippen molar-refractivity contribution < 1.29 is 47.6 Å². The molecule has 0 radical (unpaired) electrons. The van der Waals surface area contributed by atoms with E-state index in [1.54, 1.807) is 0 Å². The smallest absolute Gasteiger partial charge is 0.305 e. The van der Waals surface area contributed by atoms with E-state index >= 15 is 0 Å². The lowest BCUT2D eigenvalue weighted by molar-refractivity contribution is -0.338. The topological polar surface area (TPSA) is 136 Å². The molecule has 1 N–H and O–H groups in total. The van der Waals surface area contributed by atoms with Gasteiger partial charge in [0.2, 0.25) is 12.2 Å². The van der Waals surface area contributed by atoms with Crippen LogP contribution >= 0.6 is 0 Å². The minimum Gasteiger partial charge on any atom is -0.457 e. The summed E-state index contributed by atoms with van der Waals surface area (Å²) in [5.74, 6) is -2.44. The molecule has 2 fully saturated rings. The van der Waals surface area contributed by atoms with Crippen molar-refractivity contribution in [1.29, 1.82) is 0 Å². The first-order valence-electron chi connectivity index (χ1n) is 13.4. The molecule has 7 atom stereocenters. The maximum Gasteiger partial charge on any atom is 0.305 e. The Balaban J connectivity index is 1.80. The molecule has 1 amide bonds. The van der Waals surface area contributed by atoms with Gasteiger partial charge in [0, 0.05) is 34.1 Å². The lowest BCUT2D eigenvalue weighted by Gasteiger charge is -2.59. The molecular weight excluding hydrogens is 534 g/mol. The fourth-order valence-electron chi connectivity index (χ4n) is 5.52. The van der Waals surface area contributed by atoms with Gasteiger partial charge >= 0.3 is 17.9 Å². The van der Waals surface area contributed by atoms with Gasteiger partial charge in [-0.2, -0.15) is 0 Å². The average molecular weight is 570 g/mol. The molecule has 4 rings (SSSR count). The first-order chi connectivity index (χ1) is 19.6. The Morgan fingerprint density at radius 1 is 0.756 bits per heavy atom. The van der Waals surface area contributed by atoms with Gasteiger partial charge < -0.3 is 33.7 Å². The summed E-state index contributed by atoms with van der Waals surface area (Å²) in [6.07, 6.45) is -6.71. The van der Waals surface area contributed by atoms with Crippen molar-refractivity contribution in [2.45, 2.75) is 89.7 Å². The molecule has 2 bridgehead atoms. The summed E-state index contributed by atoms with van der Waals surface area (Å²) in [5.41, 5.74) is 0.203. The Morgan fingerprint density at radius 3 is 1.80 bits per heavy atom. The molecular formula is C30H35NO10. The second-order valence-electron chi connectivity index (χ2n) is 10.2. The highest BCUT2D eigenvalue weighted by atomic mass is 16.7. The number of carbonyl (C=O) groups excluding carboxylic acids is 4. The number of amides is 1. The summed E-state index contributed by atoms with van der Waals surface area (Å²) in [7, 11) is 0. The molecule has 41 heavy (non-hydrogen) atoms. The molecule has 2 aromatic carbocycles. The van der Waals surface area contributed by atoms with Crippen LogP contribution in [0.1, 0.15) is 45.2 Å². The zero-order valence-electron chi connectivity index (χ0n) is 23.4. The lowest BCUT2D eigenvalue weighted by atomic mass is 9.68. The van der Waals surface area contributed by atoms with Crippen LogP contribution in [-0.4, -0.2) is 66.2 Å². The standard InChI is InChI=1S/C30H35NO10/c1-18(32)31-30-15-24(36-16-22-11-7-5-8-12-22)25(38-19(2)33)26(27(30)37-17-23-13-9-6-10-14-23)41-29(40-21(4)35)28(30)39-20(3)34/h5-14,24-29H,15-17H2,1-4H3,(H,31,32)/t24-,25-,26+,27+,28+,29+,30+/m0/s1. The third-order valence-corrected chi connectivity index (χ3v) is 6.95. The molecule has 1 heterocycles. The second-order valence-corrected chi connectivity index (χ2v) is 10.2. The molecule has 1 saturated carbocycles. The number of ether oxygens (including phenoxy) is 6. The fraction of sp³-hybridized carbons (Fsp3) is 0.467. The third kappa shape index (κ3) is 7.29. The van der Waals surface area contributed by atoms with Crippen molar-refractivity contribution >= 4 is 23.8 Å². The van der Waals surface area contributed by atoms with Crippen LogP contribution in [0.2, 0.25) is 0 Å². The molecule has 2 aliphatic rings. The third-order valence-electron chi connectivity index (χ3n) is 6.95. The molecule has 11 nitrogen and oxygen atoms in total. The van der Waals surface area contributed by atoms with Gasteiger partial charge in [0.15, 0.2) is 12.2 Å². The van der Waals surface area contributed by atoms with Crippen LogP contribution in [-0.2, 0) is 60.8 Å². The lowest BCUT2D eigenvalue weighted by Crippen LogP contribution is -2.81. The first-order valence-corrected chi connectivity index (χ1v) is 13.4. The number of carbonyl (C=O) groups is 4. The van der Waals surface area contributed by atoms with Crippen LogP contribution in [0.15, 0.2) is 60.7 Å². The van der Waals surface area contributed by atoms with Crippen molar-refractivity contribution in [2.75, 3.05) is 0 Å². The predicted octanol–water partition coefficient (Wildman–Crippen LogP) is 2.59. The maximum atomic E-state index is 12.8. The van der Waals surface area contributed by atoms with Crippen LogP contribution in [0.4, 0.5) is 0 Å². The SMILES string of the molecule is CC(=O)N[C@@]12C[C@H](OCc3ccccc3)[C@H](OC(C)=O)[C@@H](O[C@@H](OC(C)=O)[C@H]1OC(C)=O)[C@H]2OCc1ccccc1. The van der Waals surface area contributed by atoms with Gasteiger partial charge in [-0.15, -0.1) is 0 Å². The van der Waals surface area contributed by atoms with Gasteiger partial charge in [0.25, 0.3) is 0 Å². The van der Waals surface area contributed by atoms with Crippen LogP contribution < -0.4 is 5.32 Å². The summed E-state index contributed by atoms with van der Waals surface area (Å²) < 4.78 is 35.8. The van der Waals surface area contributed by atoms with E-state index < -0.39 is 66.2 Å². The van der Waals surface area contributed by atoms with E-state index in [-0.39, 0.29) is 19.6 Å². The van der Waals surface area contributed by atoms with E-state index in [2.05, 4.69) is 5.32 Å². The molecule has 2 aromatic rings. The number of nitrogens with one attached hydrogen (secondary N) is 1. The van der Waals surface area contributed by atoms with Crippen LogP contribution in [0.3, 0.4) is 0 Å². The van der Waals surface area contributed by atoms with Gasteiger partial charge in [-0.25, -0.2) is 0 Å². The molecule has 0 spiro atoms. The largest absolute Gasteiger partial charge is 0.457 e. The zero-order chi connectivity index (χ0) is 29.6. The molecule has 220 valence electrons. The summed E-state index contributed by atoms with van der Waals surface area (Å²) in [6, 6.07) is 18.7. The van der Waals surface area contributed by atoms with Crippen molar-refractivity contribution in [1.82, 2.24) is 5.32 Å². The zero-order valence-corrected chi connectivity index (χ0v) is 23.4. The Labute approximate surface area is 238 Å². The number of fused-ring (bicyclic) bond motifs is 2. The summed E-state index contributed by atoms with van der Waals surface area (Å²) >= 11 is 0. The summed E-state index contributed by atoms with van der Waals surface area (Å²) in [5, 5.41) is 2.94. The predicted molar refractivity (Wildman–Crippen MR) is 143 cm³/mol. The van der Waals surface area contributed by atoms with E-state index in [0.717, 1.165) is 11.1 Å². The molecule has 0 aromatic heterocycles. The molecule has 1 aliphatic carbocycles. The van der Waals surface area contributed by atoms with E-state index in [1.165, 1.54) is 27.7 Å². The molecule has 1 saturated heterocycles. The van der Waals surface area contributed by atoms with Gasteiger partial charge in [-0.3, -0.25) is 19.2 Å². The van der Waals surface area contributed by atoms with Crippen LogP contribution in [0, 0.1) is 0 Å². The van der Waals surface area contributed by atoms with E-state index in [4.69, 9.17) is 28.4 Å². The highest BCUT2D eigenvalue weighted by Gasteiger charge is 2.68. The number of esters is 3. The van der Waals surface area contributed by atoms with Gasteiger partial charge in [-0.1, -0.05) is 60.7 Å². The highest BCUT2D eigenvalue weighted by Crippen LogP contribution is 2.46.